The van der Waals surface area contributed by atoms with E-state index in [0.29, 0.717) is 6.10 Å². The summed E-state index contributed by atoms with van der Waals surface area (Å²) in [6, 6.07) is 0. The zero-order chi connectivity index (χ0) is 15.3. The molecule has 0 aromatic heterocycles. The lowest BCUT2D eigenvalue weighted by Gasteiger charge is -2.30. The maximum atomic E-state index is 5.72. The SMILES string of the molecule is CCCCCCCCCCCC[N+](C)(C)COC(C)C.[Cl-]. The highest BCUT2D eigenvalue weighted by atomic mass is 35.5. The van der Waals surface area contributed by atoms with E-state index in [2.05, 4.69) is 34.9 Å². The molecule has 3 heteroatoms. The third kappa shape index (κ3) is 18.2. The van der Waals surface area contributed by atoms with Crippen molar-refractivity contribution in [3.05, 3.63) is 0 Å². The van der Waals surface area contributed by atoms with Crippen molar-refractivity contribution in [2.75, 3.05) is 27.4 Å². The van der Waals surface area contributed by atoms with Crippen LogP contribution in [0.15, 0.2) is 0 Å². The van der Waals surface area contributed by atoms with Gasteiger partial charge in [0.05, 0.1) is 26.7 Å². The van der Waals surface area contributed by atoms with Crippen LogP contribution in [-0.2, 0) is 4.74 Å². The van der Waals surface area contributed by atoms with Gasteiger partial charge in [-0.05, 0) is 26.7 Å². The predicted molar refractivity (Wildman–Crippen MR) is 89.9 cm³/mol. The number of quaternary nitrogens is 1. The molecule has 0 unspecified atom stereocenters. The van der Waals surface area contributed by atoms with Crippen molar-refractivity contribution in [1.82, 2.24) is 0 Å². The number of ether oxygens (including phenoxy) is 1. The van der Waals surface area contributed by atoms with Crippen LogP contribution >= 0.6 is 0 Å². The molecule has 0 saturated heterocycles. The first kappa shape index (κ1) is 23.5. The molecule has 0 bridgehead atoms. The Morgan fingerprint density at radius 1 is 0.762 bits per heavy atom. The van der Waals surface area contributed by atoms with Crippen molar-refractivity contribution >= 4 is 0 Å². The average Bonchev–Trinajstić information content (AvgIpc) is 2.39. The minimum absolute atomic E-state index is 0. The lowest BCUT2D eigenvalue weighted by molar-refractivity contribution is -0.910. The molecule has 130 valence electrons. The normalized spacial score (nSPS) is 11.7. The summed E-state index contributed by atoms with van der Waals surface area (Å²) in [4.78, 5) is 0. The van der Waals surface area contributed by atoms with Gasteiger partial charge in [-0.3, -0.25) is 0 Å². The summed E-state index contributed by atoms with van der Waals surface area (Å²) >= 11 is 0. The molecule has 0 aromatic carbocycles. The molecule has 0 amide bonds. The van der Waals surface area contributed by atoms with Crippen LogP contribution in [0.4, 0.5) is 0 Å². The lowest BCUT2D eigenvalue weighted by Crippen LogP contribution is -3.00. The number of hydrogen-bond donors (Lipinski definition) is 0. The molecule has 0 aliphatic rings. The van der Waals surface area contributed by atoms with Gasteiger partial charge in [0.1, 0.15) is 0 Å². The van der Waals surface area contributed by atoms with E-state index in [1.807, 2.05) is 0 Å². The zero-order valence-corrected chi connectivity index (χ0v) is 16.1. The Labute approximate surface area is 140 Å². The maximum Gasteiger partial charge on any atom is 0.183 e. The Kier molecular flexibility index (Phi) is 16.9. The van der Waals surface area contributed by atoms with Crippen LogP contribution in [0.3, 0.4) is 0 Å². The molecule has 0 aliphatic carbocycles. The van der Waals surface area contributed by atoms with E-state index < -0.39 is 0 Å². The van der Waals surface area contributed by atoms with Crippen molar-refractivity contribution in [3.8, 4) is 0 Å². The monoisotopic (exact) mass is 321 g/mol. The molecule has 0 aromatic rings. The third-order valence-electron chi connectivity index (χ3n) is 3.87. The number of nitrogens with zero attached hydrogens (tertiary/aromatic N) is 1. The second kappa shape index (κ2) is 15.1. The summed E-state index contributed by atoms with van der Waals surface area (Å²) in [5.74, 6) is 0. The zero-order valence-electron chi connectivity index (χ0n) is 15.3. The summed E-state index contributed by atoms with van der Waals surface area (Å²) < 4.78 is 6.72. The van der Waals surface area contributed by atoms with Crippen molar-refractivity contribution in [2.24, 2.45) is 0 Å². The van der Waals surface area contributed by atoms with Crippen molar-refractivity contribution in [2.45, 2.75) is 91.1 Å². The first-order chi connectivity index (χ1) is 9.48. The highest BCUT2D eigenvalue weighted by Gasteiger charge is 2.14. The molecule has 0 heterocycles. The number of hydrogen-bond acceptors (Lipinski definition) is 1. The molecule has 0 aliphatic heterocycles. The topological polar surface area (TPSA) is 9.23 Å². The Hall–Kier alpha value is 0.210. The van der Waals surface area contributed by atoms with Gasteiger partial charge in [0.2, 0.25) is 0 Å². The minimum Gasteiger partial charge on any atom is -1.00 e. The molecule has 2 nitrogen and oxygen atoms in total. The number of rotatable bonds is 14. The molecule has 0 spiro atoms. The van der Waals surface area contributed by atoms with Gasteiger partial charge in [-0.2, -0.15) is 0 Å². The highest BCUT2D eigenvalue weighted by Crippen LogP contribution is 2.11. The van der Waals surface area contributed by atoms with E-state index in [1.165, 1.54) is 70.8 Å². The number of halogens is 1. The molecule has 0 radical (unpaired) electrons. The van der Waals surface area contributed by atoms with Gasteiger partial charge in [0.25, 0.3) is 0 Å². The highest BCUT2D eigenvalue weighted by molar-refractivity contribution is 4.47. The Morgan fingerprint density at radius 2 is 1.19 bits per heavy atom. The second-order valence-corrected chi connectivity index (χ2v) is 7.19. The molecule has 0 N–H and O–H groups in total. The maximum absolute atomic E-state index is 5.72. The average molecular weight is 322 g/mol. The largest absolute Gasteiger partial charge is 1.00 e. The fourth-order valence-electron chi connectivity index (χ4n) is 2.44. The first-order valence-corrected chi connectivity index (χ1v) is 8.91. The molecular formula is C18H40ClNO. The van der Waals surface area contributed by atoms with E-state index in [4.69, 9.17) is 4.74 Å². The van der Waals surface area contributed by atoms with Crippen LogP contribution in [0.2, 0.25) is 0 Å². The molecule has 0 atom stereocenters. The van der Waals surface area contributed by atoms with E-state index in [-0.39, 0.29) is 12.4 Å². The van der Waals surface area contributed by atoms with Gasteiger partial charge in [-0.25, -0.2) is 0 Å². The van der Waals surface area contributed by atoms with Crippen LogP contribution in [0.1, 0.15) is 85.0 Å². The van der Waals surface area contributed by atoms with Crippen LogP contribution < -0.4 is 12.4 Å². The summed E-state index contributed by atoms with van der Waals surface area (Å²) in [6.45, 7) is 8.59. The summed E-state index contributed by atoms with van der Waals surface area (Å²) in [6.07, 6.45) is 14.5. The van der Waals surface area contributed by atoms with Crippen molar-refractivity contribution in [1.29, 1.82) is 0 Å². The smallest absolute Gasteiger partial charge is 0.183 e. The quantitative estimate of drug-likeness (QED) is 0.271. The van der Waals surface area contributed by atoms with Crippen LogP contribution in [-0.4, -0.2) is 38.0 Å². The van der Waals surface area contributed by atoms with Crippen LogP contribution in [0, 0.1) is 0 Å². The summed E-state index contributed by atoms with van der Waals surface area (Å²) in [7, 11) is 4.55. The Bertz CT molecular complexity index is 207. The van der Waals surface area contributed by atoms with Crippen LogP contribution in [0.25, 0.3) is 0 Å². The Morgan fingerprint density at radius 3 is 1.62 bits per heavy atom. The first-order valence-electron chi connectivity index (χ1n) is 8.91. The molecule has 0 rings (SSSR count). The number of unbranched alkanes of at least 4 members (excludes halogenated alkanes) is 9. The van der Waals surface area contributed by atoms with E-state index in [0.717, 1.165) is 11.2 Å². The molecule has 0 saturated carbocycles. The predicted octanol–water partition coefficient (Wildman–Crippen LogP) is 2.37. The Balaban J connectivity index is 0. The van der Waals surface area contributed by atoms with Crippen molar-refractivity contribution < 1.29 is 21.6 Å². The van der Waals surface area contributed by atoms with Gasteiger partial charge in [0.15, 0.2) is 6.73 Å². The third-order valence-corrected chi connectivity index (χ3v) is 3.87. The standard InChI is InChI=1S/C18H40NO.ClH/c1-6-7-8-9-10-11-12-13-14-15-16-19(4,5)17-20-18(2)3;/h18H,6-17H2,1-5H3;1H/q+1;/p-1. The summed E-state index contributed by atoms with van der Waals surface area (Å²) in [5, 5.41) is 0. The molecule has 21 heavy (non-hydrogen) atoms. The molecule has 0 fully saturated rings. The van der Waals surface area contributed by atoms with Gasteiger partial charge < -0.3 is 21.6 Å². The van der Waals surface area contributed by atoms with Gasteiger partial charge >= 0.3 is 0 Å². The summed E-state index contributed by atoms with van der Waals surface area (Å²) in [5.41, 5.74) is 0. The fourth-order valence-corrected chi connectivity index (χ4v) is 2.44. The van der Waals surface area contributed by atoms with E-state index in [1.54, 1.807) is 0 Å². The lowest BCUT2D eigenvalue weighted by atomic mass is 10.1. The minimum atomic E-state index is 0. The fraction of sp³-hybridized carbons (Fsp3) is 1.00. The van der Waals surface area contributed by atoms with E-state index >= 15 is 0 Å². The van der Waals surface area contributed by atoms with Crippen LogP contribution in [0.5, 0.6) is 0 Å². The van der Waals surface area contributed by atoms with E-state index in [9.17, 15) is 0 Å². The van der Waals surface area contributed by atoms with Gasteiger partial charge in [0, 0.05) is 0 Å². The van der Waals surface area contributed by atoms with Gasteiger partial charge in [-0.15, -0.1) is 0 Å². The van der Waals surface area contributed by atoms with Crippen molar-refractivity contribution in [3.63, 3.8) is 0 Å². The van der Waals surface area contributed by atoms with Gasteiger partial charge in [-0.1, -0.05) is 58.3 Å². The molecular weight excluding hydrogens is 282 g/mol. The second-order valence-electron chi connectivity index (χ2n) is 7.19.